The van der Waals surface area contributed by atoms with Gasteiger partial charge in [-0.3, -0.25) is 0 Å². The van der Waals surface area contributed by atoms with Crippen molar-refractivity contribution in [3.63, 3.8) is 0 Å². The topological polar surface area (TPSA) is 26.0 Å². The van der Waals surface area contributed by atoms with Crippen molar-refractivity contribution < 1.29 is 0 Å². The molecule has 1 aromatic rings. The van der Waals surface area contributed by atoms with Crippen molar-refractivity contribution in [2.45, 2.75) is 0 Å². The molecule has 0 bridgehead atoms. The molecule has 0 saturated heterocycles. The molecule has 0 atom stereocenters. The Morgan fingerprint density at radius 1 is 1.42 bits per heavy atom. The first-order chi connectivity index (χ1) is 5.72. The highest BCUT2D eigenvalue weighted by Crippen LogP contribution is 2.08. The molecule has 0 aliphatic rings. The molecule has 0 saturated carbocycles. The van der Waals surface area contributed by atoms with Crippen molar-refractivity contribution in [2.24, 2.45) is 5.73 Å². The summed E-state index contributed by atoms with van der Waals surface area (Å²) in [5.41, 5.74) is 6.95. The Bertz CT molecular complexity index is 330. The quantitative estimate of drug-likeness (QED) is 0.614. The monoisotopic (exact) mass is 269 g/mol. The van der Waals surface area contributed by atoms with Gasteiger partial charge >= 0.3 is 0 Å². The third-order valence-electron chi connectivity index (χ3n) is 1.36. The lowest BCUT2D eigenvalue weighted by Gasteiger charge is -1.94. The van der Waals surface area contributed by atoms with Crippen LogP contribution in [-0.2, 0) is 0 Å². The van der Waals surface area contributed by atoms with Gasteiger partial charge in [0.05, 0.1) is 5.70 Å². The first-order valence-corrected chi connectivity index (χ1v) is 4.49. The number of halogens is 1. The minimum Gasteiger partial charge on any atom is -0.392 e. The van der Waals surface area contributed by atoms with Crippen molar-refractivity contribution in [3.05, 3.63) is 39.1 Å². The van der Waals surface area contributed by atoms with Crippen molar-refractivity contribution in [1.82, 2.24) is 0 Å². The first kappa shape index (κ1) is 9.14. The van der Waals surface area contributed by atoms with Crippen LogP contribution in [0.25, 0.3) is 6.08 Å². The van der Waals surface area contributed by atoms with E-state index in [9.17, 15) is 0 Å². The lowest BCUT2D eigenvalue weighted by atomic mass is 10.2. The van der Waals surface area contributed by atoms with Crippen LogP contribution < -0.4 is 5.73 Å². The Morgan fingerprint density at radius 3 is 2.50 bits per heavy atom. The van der Waals surface area contributed by atoms with Crippen LogP contribution in [0.4, 0.5) is 0 Å². The smallest absolute Gasteiger partial charge is 0.0830 e. The zero-order valence-electron chi connectivity index (χ0n) is 6.42. The number of rotatable bonds is 1. The van der Waals surface area contributed by atoms with Gasteiger partial charge in [0.25, 0.3) is 0 Å². The van der Waals surface area contributed by atoms with E-state index in [2.05, 4.69) is 28.5 Å². The molecule has 1 nitrogen and oxygen atoms in total. The molecule has 2 heteroatoms. The Balaban J connectivity index is 2.93. The Labute approximate surface area is 85.8 Å². The Morgan fingerprint density at radius 2 is 2.00 bits per heavy atom. The maximum Gasteiger partial charge on any atom is 0.0830 e. The van der Waals surface area contributed by atoms with Crippen LogP contribution in [0.3, 0.4) is 0 Å². The van der Waals surface area contributed by atoms with E-state index in [4.69, 9.17) is 12.2 Å². The third-order valence-corrected chi connectivity index (χ3v) is 2.08. The highest BCUT2D eigenvalue weighted by atomic mass is 127. The van der Waals surface area contributed by atoms with Gasteiger partial charge in [-0.2, -0.15) is 0 Å². The molecule has 0 aliphatic carbocycles. The molecule has 0 amide bonds. The van der Waals surface area contributed by atoms with Crippen LogP contribution in [0.1, 0.15) is 5.56 Å². The second kappa shape index (κ2) is 4.17. The van der Waals surface area contributed by atoms with E-state index in [1.54, 1.807) is 6.08 Å². The van der Waals surface area contributed by atoms with Gasteiger partial charge in [0.15, 0.2) is 0 Å². The summed E-state index contributed by atoms with van der Waals surface area (Å²) in [6.45, 7) is 0. The third kappa shape index (κ3) is 2.59. The van der Waals surface area contributed by atoms with E-state index in [-0.39, 0.29) is 0 Å². The highest BCUT2D eigenvalue weighted by Gasteiger charge is 1.88. The van der Waals surface area contributed by atoms with Gasteiger partial charge in [-0.1, -0.05) is 18.1 Å². The second-order valence-corrected chi connectivity index (χ2v) is 3.54. The van der Waals surface area contributed by atoms with Crippen LogP contribution in [0, 0.1) is 15.9 Å². The predicted molar refractivity (Wildman–Crippen MR) is 60.2 cm³/mol. The summed E-state index contributed by atoms with van der Waals surface area (Å²) in [7, 11) is 0. The van der Waals surface area contributed by atoms with Gasteiger partial charge in [-0.15, -0.1) is 6.42 Å². The molecule has 1 rings (SSSR count). The van der Waals surface area contributed by atoms with Crippen molar-refractivity contribution >= 4 is 28.7 Å². The fraction of sp³-hybridized carbons (Fsp3) is 0. The van der Waals surface area contributed by atoms with Gasteiger partial charge < -0.3 is 5.73 Å². The first-order valence-electron chi connectivity index (χ1n) is 3.42. The van der Waals surface area contributed by atoms with Crippen molar-refractivity contribution in [2.75, 3.05) is 0 Å². The minimum atomic E-state index is 0.455. The molecule has 0 aliphatic heterocycles. The number of hydrogen-bond donors (Lipinski definition) is 1. The molecule has 0 fully saturated rings. The largest absolute Gasteiger partial charge is 0.392 e. The minimum absolute atomic E-state index is 0.455. The van der Waals surface area contributed by atoms with E-state index in [0.29, 0.717) is 5.70 Å². The summed E-state index contributed by atoms with van der Waals surface area (Å²) in [4.78, 5) is 0. The van der Waals surface area contributed by atoms with Crippen LogP contribution in [0.2, 0.25) is 0 Å². The average Bonchev–Trinajstić information content (AvgIpc) is 2.09. The van der Waals surface area contributed by atoms with E-state index >= 15 is 0 Å². The Kier molecular flexibility index (Phi) is 3.18. The molecule has 2 N–H and O–H groups in total. The van der Waals surface area contributed by atoms with Gasteiger partial charge in [-0.25, -0.2) is 0 Å². The summed E-state index contributed by atoms with van der Waals surface area (Å²) >= 11 is 2.25. The standard InChI is InChI=1S/C10H8IN/c1-2-10(12)7-8-3-5-9(11)6-4-8/h1,3-7H,12H2/b10-7+. The molecule has 0 heterocycles. The van der Waals surface area contributed by atoms with E-state index < -0.39 is 0 Å². The van der Waals surface area contributed by atoms with Crippen LogP contribution in [0.5, 0.6) is 0 Å². The van der Waals surface area contributed by atoms with Gasteiger partial charge in [-0.05, 0) is 46.4 Å². The summed E-state index contributed by atoms with van der Waals surface area (Å²) in [5.74, 6) is 2.37. The molecule has 1 aromatic carbocycles. The molecule has 0 aromatic heterocycles. The SMILES string of the molecule is C#C/C(N)=C\c1ccc(I)cc1. The Hall–Kier alpha value is -0.950. The zero-order valence-corrected chi connectivity index (χ0v) is 8.58. The number of hydrogen-bond acceptors (Lipinski definition) is 1. The lowest BCUT2D eigenvalue weighted by molar-refractivity contribution is 1.49. The normalized spacial score (nSPS) is 10.8. The summed E-state index contributed by atoms with van der Waals surface area (Å²) < 4.78 is 1.20. The van der Waals surface area contributed by atoms with E-state index in [1.165, 1.54) is 3.57 Å². The van der Waals surface area contributed by atoms with Crippen molar-refractivity contribution in [3.8, 4) is 12.3 Å². The number of nitrogens with two attached hydrogens (primary N) is 1. The van der Waals surface area contributed by atoms with Crippen LogP contribution in [-0.4, -0.2) is 0 Å². The second-order valence-electron chi connectivity index (χ2n) is 2.30. The van der Waals surface area contributed by atoms with Gasteiger partial charge in [0.1, 0.15) is 0 Å². The zero-order chi connectivity index (χ0) is 8.97. The predicted octanol–water partition coefficient (Wildman–Crippen LogP) is 2.22. The molecular formula is C10H8IN. The van der Waals surface area contributed by atoms with E-state index in [1.807, 2.05) is 24.3 Å². The molecule has 0 spiro atoms. The van der Waals surface area contributed by atoms with Crippen molar-refractivity contribution in [1.29, 1.82) is 0 Å². The fourth-order valence-electron chi connectivity index (χ4n) is 0.780. The lowest BCUT2D eigenvalue weighted by Crippen LogP contribution is -1.91. The molecule has 0 unspecified atom stereocenters. The summed E-state index contributed by atoms with van der Waals surface area (Å²) in [6.07, 6.45) is 6.88. The number of terminal acetylenes is 1. The number of allylic oxidation sites excluding steroid dienone is 1. The fourth-order valence-corrected chi connectivity index (χ4v) is 1.14. The highest BCUT2D eigenvalue weighted by molar-refractivity contribution is 14.1. The van der Waals surface area contributed by atoms with E-state index in [0.717, 1.165) is 5.56 Å². The van der Waals surface area contributed by atoms with Gasteiger partial charge in [0, 0.05) is 3.57 Å². The molecule has 60 valence electrons. The molecular weight excluding hydrogens is 261 g/mol. The summed E-state index contributed by atoms with van der Waals surface area (Å²) in [6, 6.07) is 7.98. The molecule has 12 heavy (non-hydrogen) atoms. The van der Waals surface area contributed by atoms with Gasteiger partial charge in [0.2, 0.25) is 0 Å². The molecule has 0 radical (unpaired) electrons. The van der Waals surface area contributed by atoms with Crippen LogP contribution >= 0.6 is 22.6 Å². The number of benzene rings is 1. The summed E-state index contributed by atoms with van der Waals surface area (Å²) in [5, 5.41) is 0. The maximum absolute atomic E-state index is 5.47. The van der Waals surface area contributed by atoms with Crippen LogP contribution in [0.15, 0.2) is 30.0 Å². The average molecular weight is 269 g/mol. The maximum atomic E-state index is 5.47.